The van der Waals surface area contributed by atoms with Gasteiger partial charge in [-0.15, -0.1) is 11.8 Å². The molecule has 3 nitrogen and oxygen atoms in total. The molecule has 1 unspecified atom stereocenters. The molecule has 1 N–H and O–H groups in total. The summed E-state index contributed by atoms with van der Waals surface area (Å²) in [7, 11) is 0. The van der Waals surface area contributed by atoms with E-state index in [-0.39, 0.29) is 5.76 Å². The number of cyclic esters (lactones) is 1. The molecular formula is C29H30O3S. The number of thioether (sulfide) groups is 1. The van der Waals surface area contributed by atoms with Crippen molar-refractivity contribution in [2.24, 2.45) is 5.92 Å². The highest BCUT2D eigenvalue weighted by Gasteiger charge is 2.43. The van der Waals surface area contributed by atoms with Gasteiger partial charge in [0.25, 0.3) is 0 Å². The minimum Gasteiger partial charge on any atom is -0.511 e. The maximum atomic E-state index is 13.2. The van der Waals surface area contributed by atoms with Crippen LogP contribution < -0.4 is 0 Å². The van der Waals surface area contributed by atoms with Crippen molar-refractivity contribution in [1.29, 1.82) is 0 Å². The van der Waals surface area contributed by atoms with Gasteiger partial charge in [-0.2, -0.15) is 0 Å². The molecule has 170 valence electrons. The first-order chi connectivity index (χ1) is 16.0. The van der Waals surface area contributed by atoms with Crippen LogP contribution in [0.4, 0.5) is 0 Å². The molecule has 3 aromatic rings. The third kappa shape index (κ3) is 5.33. The molecular weight excluding hydrogens is 428 g/mol. The van der Waals surface area contributed by atoms with Crippen molar-refractivity contribution in [2.75, 3.05) is 0 Å². The van der Waals surface area contributed by atoms with Crippen LogP contribution in [-0.4, -0.2) is 11.1 Å². The Labute approximate surface area is 200 Å². The Balaban J connectivity index is 1.58. The number of esters is 1. The largest absolute Gasteiger partial charge is 0.511 e. The first-order valence-electron chi connectivity index (χ1n) is 11.5. The standard InChI is InChI=1S/C29H30O3S/c1-21(2)17-18-29(24-14-7-4-8-15-24)19-26(30)27(28(31)32-29)33-20-23-13-9-10-16-25(23)22-11-5-3-6-12-22/h3-16,21,30H,17-20H2,1-2H3. The van der Waals surface area contributed by atoms with Crippen molar-refractivity contribution in [3.05, 3.63) is 107 Å². The Bertz CT molecular complexity index is 1120. The second-order valence-electron chi connectivity index (χ2n) is 8.95. The molecule has 0 radical (unpaired) electrons. The van der Waals surface area contributed by atoms with Gasteiger partial charge in [0.05, 0.1) is 6.42 Å². The average Bonchev–Trinajstić information content (AvgIpc) is 2.83. The highest BCUT2D eigenvalue weighted by atomic mass is 32.2. The zero-order valence-electron chi connectivity index (χ0n) is 19.2. The normalized spacial score (nSPS) is 18.5. The molecule has 0 aromatic heterocycles. The Morgan fingerprint density at radius 2 is 1.58 bits per heavy atom. The maximum absolute atomic E-state index is 13.2. The number of hydrogen-bond acceptors (Lipinski definition) is 4. The van der Waals surface area contributed by atoms with Crippen molar-refractivity contribution in [3.8, 4) is 11.1 Å². The van der Waals surface area contributed by atoms with E-state index in [1.807, 2.05) is 60.7 Å². The molecule has 0 spiro atoms. The summed E-state index contributed by atoms with van der Waals surface area (Å²) < 4.78 is 6.12. The molecule has 0 amide bonds. The quantitative estimate of drug-likeness (QED) is 0.352. The minimum atomic E-state index is -0.821. The van der Waals surface area contributed by atoms with Crippen LogP contribution in [0.5, 0.6) is 0 Å². The van der Waals surface area contributed by atoms with Crippen molar-refractivity contribution >= 4 is 17.7 Å². The van der Waals surface area contributed by atoms with E-state index in [9.17, 15) is 9.90 Å². The molecule has 4 heteroatoms. The van der Waals surface area contributed by atoms with Crippen LogP contribution in [0, 0.1) is 5.92 Å². The van der Waals surface area contributed by atoms with Gasteiger partial charge in [0.1, 0.15) is 16.3 Å². The van der Waals surface area contributed by atoms with E-state index in [0.29, 0.717) is 29.4 Å². The average molecular weight is 459 g/mol. The number of carbonyl (C=O) groups is 1. The molecule has 0 saturated heterocycles. The molecule has 0 aliphatic carbocycles. The van der Waals surface area contributed by atoms with Crippen LogP contribution in [0.15, 0.2) is 95.6 Å². The fourth-order valence-corrected chi connectivity index (χ4v) is 5.22. The number of benzene rings is 3. The lowest BCUT2D eigenvalue weighted by atomic mass is 9.82. The van der Waals surface area contributed by atoms with Gasteiger partial charge in [-0.05, 0) is 41.0 Å². The summed E-state index contributed by atoms with van der Waals surface area (Å²) in [4.78, 5) is 13.5. The third-order valence-corrected chi connectivity index (χ3v) is 7.23. The Morgan fingerprint density at radius 1 is 0.939 bits per heavy atom. The van der Waals surface area contributed by atoms with Gasteiger partial charge in [-0.25, -0.2) is 4.79 Å². The van der Waals surface area contributed by atoms with Gasteiger partial charge in [0.2, 0.25) is 0 Å². The SMILES string of the molecule is CC(C)CCC1(c2ccccc2)CC(O)=C(SCc2ccccc2-c2ccccc2)C(=O)O1. The predicted molar refractivity (Wildman–Crippen MR) is 136 cm³/mol. The second kappa shape index (κ2) is 10.3. The maximum Gasteiger partial charge on any atom is 0.348 e. The number of aliphatic hydroxyl groups is 1. The van der Waals surface area contributed by atoms with Crippen LogP contribution in [0.3, 0.4) is 0 Å². The monoisotopic (exact) mass is 458 g/mol. The van der Waals surface area contributed by atoms with E-state index in [2.05, 4.69) is 38.1 Å². The number of ether oxygens (including phenoxy) is 1. The van der Waals surface area contributed by atoms with Gasteiger partial charge in [0.15, 0.2) is 0 Å². The van der Waals surface area contributed by atoms with Crippen molar-refractivity contribution in [2.45, 2.75) is 44.5 Å². The first-order valence-corrected chi connectivity index (χ1v) is 12.4. The fraction of sp³-hybridized carbons (Fsp3) is 0.276. The summed E-state index contributed by atoms with van der Waals surface area (Å²) in [5, 5.41) is 11.0. The van der Waals surface area contributed by atoms with Crippen LogP contribution in [0.25, 0.3) is 11.1 Å². The molecule has 1 aliphatic heterocycles. The molecule has 4 rings (SSSR count). The highest BCUT2D eigenvalue weighted by molar-refractivity contribution is 8.03. The molecule has 33 heavy (non-hydrogen) atoms. The van der Waals surface area contributed by atoms with Crippen molar-refractivity contribution < 1.29 is 14.6 Å². The number of hydrogen-bond donors (Lipinski definition) is 1. The van der Waals surface area contributed by atoms with Gasteiger partial charge < -0.3 is 9.84 Å². The molecule has 3 aromatic carbocycles. The van der Waals surface area contributed by atoms with Gasteiger partial charge in [-0.3, -0.25) is 0 Å². The van der Waals surface area contributed by atoms with Crippen molar-refractivity contribution in [3.63, 3.8) is 0 Å². The van der Waals surface area contributed by atoms with Gasteiger partial charge >= 0.3 is 5.97 Å². The van der Waals surface area contributed by atoms with E-state index >= 15 is 0 Å². The molecule has 0 fully saturated rings. The Morgan fingerprint density at radius 3 is 2.24 bits per heavy atom. The van der Waals surface area contributed by atoms with E-state index < -0.39 is 11.6 Å². The number of carbonyl (C=O) groups excluding carboxylic acids is 1. The summed E-state index contributed by atoms with van der Waals surface area (Å²) in [6.07, 6.45) is 1.89. The zero-order valence-corrected chi connectivity index (χ0v) is 20.0. The van der Waals surface area contributed by atoms with E-state index in [1.165, 1.54) is 11.8 Å². The summed E-state index contributed by atoms with van der Waals surface area (Å²) in [5.41, 5.74) is 3.49. The second-order valence-corrected chi connectivity index (χ2v) is 9.93. The van der Waals surface area contributed by atoms with Crippen LogP contribution in [-0.2, 0) is 20.9 Å². The fourth-order valence-electron chi connectivity index (χ4n) is 4.27. The first kappa shape index (κ1) is 23.2. The molecule has 1 heterocycles. The zero-order chi connectivity index (χ0) is 23.3. The number of rotatable bonds is 8. The molecule has 0 bridgehead atoms. The van der Waals surface area contributed by atoms with Crippen molar-refractivity contribution in [1.82, 2.24) is 0 Å². The molecule has 1 aliphatic rings. The minimum absolute atomic E-state index is 0.126. The summed E-state index contributed by atoms with van der Waals surface area (Å²) in [6, 6.07) is 28.2. The molecule has 1 atom stereocenters. The van der Waals surface area contributed by atoms with E-state index in [1.54, 1.807) is 0 Å². The smallest absolute Gasteiger partial charge is 0.348 e. The lowest BCUT2D eigenvalue weighted by Gasteiger charge is -2.38. The van der Waals surface area contributed by atoms with Crippen LogP contribution in [0.1, 0.15) is 44.2 Å². The van der Waals surface area contributed by atoms with Gasteiger partial charge in [0, 0.05) is 5.75 Å². The topological polar surface area (TPSA) is 46.5 Å². The Hall–Kier alpha value is -2.98. The predicted octanol–water partition coefficient (Wildman–Crippen LogP) is 7.64. The third-order valence-electron chi connectivity index (χ3n) is 6.09. The number of aliphatic hydroxyl groups excluding tert-OH is 1. The highest BCUT2D eigenvalue weighted by Crippen LogP contribution is 2.45. The summed E-state index contributed by atoms with van der Waals surface area (Å²) in [5.74, 6) is 0.736. The summed E-state index contributed by atoms with van der Waals surface area (Å²) >= 11 is 1.35. The van der Waals surface area contributed by atoms with E-state index in [0.717, 1.165) is 28.7 Å². The summed E-state index contributed by atoms with van der Waals surface area (Å²) in [6.45, 7) is 4.31. The van der Waals surface area contributed by atoms with Crippen LogP contribution in [0.2, 0.25) is 0 Å². The van der Waals surface area contributed by atoms with Crippen LogP contribution >= 0.6 is 11.8 Å². The van der Waals surface area contributed by atoms with E-state index in [4.69, 9.17) is 4.74 Å². The lowest BCUT2D eigenvalue weighted by molar-refractivity contribution is -0.160. The lowest BCUT2D eigenvalue weighted by Crippen LogP contribution is -2.37. The molecule has 0 saturated carbocycles. The Kier molecular flexibility index (Phi) is 7.24. The van der Waals surface area contributed by atoms with Gasteiger partial charge in [-0.1, -0.05) is 98.8 Å².